The smallest absolute Gasteiger partial charge is 0.0992 e. The van der Waals surface area contributed by atoms with E-state index in [0.717, 1.165) is 51.9 Å². The highest BCUT2D eigenvalue weighted by atomic mass is 35.5. The molecule has 0 aliphatic heterocycles. The fourth-order valence-corrected chi connectivity index (χ4v) is 3.49. The Morgan fingerprint density at radius 2 is 1.76 bits per heavy atom. The lowest BCUT2D eigenvalue weighted by molar-refractivity contribution is 0.552. The zero-order valence-corrected chi connectivity index (χ0v) is 19.9. The summed E-state index contributed by atoms with van der Waals surface area (Å²) in [4.78, 5) is 16.2. The van der Waals surface area contributed by atoms with Crippen LogP contribution in [0.1, 0.15) is 34.4 Å². The molecule has 156 valence electrons. The molecule has 0 radical (unpaired) electrons. The summed E-state index contributed by atoms with van der Waals surface area (Å²) in [6.07, 6.45) is 2.61. The van der Waals surface area contributed by atoms with Crippen LogP contribution in [0.15, 0.2) is 40.7 Å². The Labute approximate surface area is 190 Å². The normalized spacial score (nSPS) is 10.5. The van der Waals surface area contributed by atoms with Gasteiger partial charge in [-0.3, -0.25) is 4.98 Å². The van der Waals surface area contributed by atoms with Crippen molar-refractivity contribution in [2.24, 2.45) is 4.99 Å². The number of aryl methyl sites for hydroxylation is 3. The third kappa shape index (κ3) is 6.53. The van der Waals surface area contributed by atoms with E-state index in [9.17, 15) is 0 Å². The van der Waals surface area contributed by atoms with Crippen LogP contribution in [-0.4, -0.2) is 34.8 Å². The Kier molecular flexibility index (Phi) is 9.77. The van der Waals surface area contributed by atoms with Crippen LogP contribution in [0.3, 0.4) is 0 Å². The van der Waals surface area contributed by atoms with Crippen molar-refractivity contribution in [1.82, 2.24) is 14.9 Å². The van der Waals surface area contributed by atoms with Gasteiger partial charge in [-0.05, 0) is 39.3 Å². The molecular formula is C22H28Cl2N4S. The number of hydrogen-bond acceptors (Lipinski definition) is 4. The van der Waals surface area contributed by atoms with E-state index in [1.165, 1.54) is 5.56 Å². The molecule has 0 aliphatic carbocycles. The summed E-state index contributed by atoms with van der Waals surface area (Å²) in [6, 6.07) is 10.6. The number of benzene rings is 1. The number of thiazole rings is 1. The quantitative estimate of drug-likeness (QED) is 0.332. The first-order valence-electron chi connectivity index (χ1n) is 9.19. The van der Waals surface area contributed by atoms with Gasteiger partial charge in [0.1, 0.15) is 0 Å². The molecule has 0 N–H and O–H groups in total. The Morgan fingerprint density at radius 3 is 2.41 bits per heavy atom. The van der Waals surface area contributed by atoms with E-state index in [0.29, 0.717) is 0 Å². The van der Waals surface area contributed by atoms with Gasteiger partial charge in [0, 0.05) is 31.0 Å². The first-order chi connectivity index (χ1) is 13.0. The minimum Gasteiger partial charge on any atom is -0.366 e. The summed E-state index contributed by atoms with van der Waals surface area (Å²) in [5.74, 6) is 0. The number of aromatic nitrogens is 2. The molecule has 0 saturated carbocycles. The van der Waals surface area contributed by atoms with Crippen molar-refractivity contribution in [1.29, 1.82) is 0 Å². The Morgan fingerprint density at radius 1 is 1.07 bits per heavy atom. The molecule has 4 nitrogen and oxygen atoms in total. The summed E-state index contributed by atoms with van der Waals surface area (Å²) in [7, 11) is 2.02. The van der Waals surface area contributed by atoms with Gasteiger partial charge in [-0.2, -0.15) is 0 Å². The van der Waals surface area contributed by atoms with Gasteiger partial charge in [0.2, 0.25) is 0 Å². The van der Waals surface area contributed by atoms with Crippen LogP contribution in [-0.2, 0) is 6.42 Å². The van der Waals surface area contributed by atoms with Crippen molar-refractivity contribution in [3.8, 4) is 11.3 Å². The predicted octanol–water partition coefficient (Wildman–Crippen LogP) is 6.18. The summed E-state index contributed by atoms with van der Waals surface area (Å²) < 4.78 is 0. The van der Waals surface area contributed by atoms with Crippen molar-refractivity contribution < 1.29 is 0 Å². The molecule has 2 aromatic heterocycles. The molecule has 2 heterocycles. The summed E-state index contributed by atoms with van der Waals surface area (Å²) in [5, 5.41) is 3.21. The highest BCUT2D eigenvalue weighted by Crippen LogP contribution is 2.26. The molecule has 3 aromatic rings. The van der Waals surface area contributed by atoms with Gasteiger partial charge in [-0.25, -0.2) is 9.98 Å². The largest absolute Gasteiger partial charge is 0.366 e. The van der Waals surface area contributed by atoms with Crippen molar-refractivity contribution in [2.45, 2.75) is 34.1 Å². The van der Waals surface area contributed by atoms with Gasteiger partial charge < -0.3 is 4.90 Å². The van der Waals surface area contributed by atoms with Crippen LogP contribution < -0.4 is 0 Å². The number of nitrogens with zero attached hydrogens (tertiary/aromatic N) is 4. The fraction of sp³-hybridized carbons (Fsp3) is 0.318. The molecule has 29 heavy (non-hydrogen) atoms. The van der Waals surface area contributed by atoms with E-state index in [2.05, 4.69) is 61.5 Å². The lowest BCUT2D eigenvalue weighted by atomic mass is 10.1. The molecule has 0 bridgehead atoms. The Hall–Kier alpha value is -1.95. The maximum atomic E-state index is 4.81. The van der Waals surface area contributed by atoms with Crippen molar-refractivity contribution in [2.75, 3.05) is 13.6 Å². The average molecular weight is 451 g/mol. The molecule has 0 aliphatic rings. The van der Waals surface area contributed by atoms with Crippen LogP contribution in [0.5, 0.6) is 0 Å². The van der Waals surface area contributed by atoms with Crippen LogP contribution in [0.25, 0.3) is 11.3 Å². The maximum Gasteiger partial charge on any atom is 0.0992 e. The molecule has 0 fully saturated rings. The Bertz CT molecular complexity index is 952. The van der Waals surface area contributed by atoms with E-state index in [-0.39, 0.29) is 24.8 Å². The second-order valence-electron chi connectivity index (χ2n) is 6.84. The van der Waals surface area contributed by atoms with Gasteiger partial charge in [-0.1, -0.05) is 29.8 Å². The SMILES string of the molecule is CCN(C)/C=N\c1cc(C)c(Cc2nc(-c3ccc(C)cc3)cs2)nc1C.Cl.Cl. The minimum atomic E-state index is 0. The summed E-state index contributed by atoms with van der Waals surface area (Å²) in [6.45, 7) is 9.24. The van der Waals surface area contributed by atoms with Crippen LogP contribution >= 0.6 is 36.2 Å². The maximum absolute atomic E-state index is 4.81. The van der Waals surface area contributed by atoms with E-state index >= 15 is 0 Å². The van der Waals surface area contributed by atoms with Gasteiger partial charge in [0.05, 0.1) is 34.1 Å². The van der Waals surface area contributed by atoms with Crippen LogP contribution in [0, 0.1) is 20.8 Å². The van der Waals surface area contributed by atoms with Crippen LogP contribution in [0.2, 0.25) is 0 Å². The zero-order valence-electron chi connectivity index (χ0n) is 17.5. The summed E-state index contributed by atoms with van der Waals surface area (Å²) in [5.41, 5.74) is 7.56. The Balaban J connectivity index is 0.00000210. The van der Waals surface area contributed by atoms with Gasteiger partial charge in [0.15, 0.2) is 0 Å². The number of aliphatic imine (C=N–C) groups is 1. The van der Waals surface area contributed by atoms with Crippen molar-refractivity contribution >= 4 is 48.2 Å². The van der Waals surface area contributed by atoms with E-state index in [1.54, 1.807) is 11.3 Å². The lowest BCUT2D eigenvalue weighted by Crippen LogP contribution is -2.14. The van der Waals surface area contributed by atoms with Crippen LogP contribution in [0.4, 0.5) is 5.69 Å². The third-order valence-corrected chi connectivity index (χ3v) is 5.44. The standard InChI is InChI=1S/C22H26N4S.2ClH/c1-6-26(5)14-23-20-11-16(3)19(24-17(20)4)12-22-25-21(13-27-22)18-9-7-15(2)8-10-18;;/h7-11,13-14H,6,12H2,1-5H3;2*1H/b23-14-;;. The molecular weight excluding hydrogens is 423 g/mol. The molecule has 0 atom stereocenters. The fourth-order valence-electron chi connectivity index (χ4n) is 2.68. The molecule has 1 aromatic carbocycles. The monoisotopic (exact) mass is 450 g/mol. The van der Waals surface area contributed by atoms with Crippen molar-refractivity contribution in [3.63, 3.8) is 0 Å². The molecule has 0 unspecified atom stereocenters. The minimum absolute atomic E-state index is 0. The number of pyridine rings is 1. The predicted molar refractivity (Wildman–Crippen MR) is 130 cm³/mol. The molecule has 0 spiro atoms. The summed E-state index contributed by atoms with van der Waals surface area (Å²) >= 11 is 1.69. The molecule has 0 amide bonds. The van der Waals surface area contributed by atoms with Gasteiger partial charge in [0.25, 0.3) is 0 Å². The molecule has 7 heteroatoms. The third-order valence-electron chi connectivity index (χ3n) is 4.59. The lowest BCUT2D eigenvalue weighted by Gasteiger charge is -2.10. The second-order valence-corrected chi connectivity index (χ2v) is 7.79. The van der Waals surface area contributed by atoms with Crippen molar-refractivity contribution in [3.05, 3.63) is 63.2 Å². The average Bonchev–Trinajstić information content (AvgIpc) is 3.12. The topological polar surface area (TPSA) is 41.4 Å². The zero-order chi connectivity index (χ0) is 19.4. The first kappa shape index (κ1) is 25.1. The van der Waals surface area contributed by atoms with Gasteiger partial charge >= 0.3 is 0 Å². The highest BCUT2D eigenvalue weighted by molar-refractivity contribution is 7.10. The molecule has 3 rings (SSSR count). The number of halogens is 2. The highest BCUT2D eigenvalue weighted by Gasteiger charge is 2.10. The molecule has 0 saturated heterocycles. The van der Waals surface area contributed by atoms with E-state index in [4.69, 9.17) is 9.97 Å². The van der Waals surface area contributed by atoms with E-state index < -0.39 is 0 Å². The van der Waals surface area contributed by atoms with Gasteiger partial charge in [-0.15, -0.1) is 36.2 Å². The number of rotatable bonds is 6. The first-order valence-corrected chi connectivity index (χ1v) is 10.1. The number of hydrogen-bond donors (Lipinski definition) is 0. The second kappa shape index (κ2) is 11.3. The van der Waals surface area contributed by atoms with E-state index in [1.807, 2.05) is 25.2 Å².